The van der Waals surface area contributed by atoms with Crippen LogP contribution in [0, 0.1) is 0 Å². The molecule has 0 atom stereocenters. The minimum absolute atomic E-state index is 0. The predicted molar refractivity (Wildman–Crippen MR) is 104 cm³/mol. The summed E-state index contributed by atoms with van der Waals surface area (Å²) in [6.45, 7) is 2.25. The van der Waals surface area contributed by atoms with E-state index in [0.717, 1.165) is 18.4 Å². The van der Waals surface area contributed by atoms with Crippen LogP contribution in [0.25, 0.3) is 0 Å². The summed E-state index contributed by atoms with van der Waals surface area (Å²) < 4.78 is 30.8. The molecule has 0 radical (unpaired) electrons. The van der Waals surface area contributed by atoms with Crippen molar-refractivity contribution in [1.82, 2.24) is 0 Å². The Bertz CT molecular complexity index is 512. The molecule has 0 aliphatic heterocycles. The van der Waals surface area contributed by atoms with Crippen LogP contribution in [0.15, 0.2) is 29.2 Å². The Labute approximate surface area is 191 Å². The molecule has 0 saturated carbocycles. The van der Waals surface area contributed by atoms with Gasteiger partial charge in [0.25, 0.3) is 10.1 Å². The molecule has 1 rings (SSSR count). The molecule has 0 aliphatic rings. The summed E-state index contributed by atoms with van der Waals surface area (Å²) >= 11 is 0. The Morgan fingerprint density at radius 3 is 1.58 bits per heavy atom. The maximum absolute atomic E-state index is 11.0. The number of hydrogen-bond donors (Lipinski definition) is 1. The van der Waals surface area contributed by atoms with Gasteiger partial charge in [-0.1, -0.05) is 83.3 Å². The van der Waals surface area contributed by atoms with Gasteiger partial charge >= 0.3 is 51.4 Å². The van der Waals surface area contributed by atoms with Gasteiger partial charge in [-0.3, -0.25) is 4.55 Å². The second kappa shape index (κ2) is 14.9. The zero-order chi connectivity index (χ0) is 17.0. The van der Waals surface area contributed by atoms with Crippen LogP contribution in [0.4, 0.5) is 0 Å². The van der Waals surface area contributed by atoms with Crippen molar-refractivity contribution in [3.05, 3.63) is 29.8 Å². The van der Waals surface area contributed by atoms with E-state index < -0.39 is 10.1 Å². The number of hydrogen-bond acceptors (Lipinski definition) is 2. The monoisotopic (exact) mass is 380 g/mol. The molecule has 0 aromatic heterocycles. The average Bonchev–Trinajstić information content (AvgIpc) is 2.52. The third kappa shape index (κ3) is 12.2. The summed E-state index contributed by atoms with van der Waals surface area (Å²) in [6, 6.07) is 6.53. The molecule has 134 valence electrons. The van der Waals surface area contributed by atoms with E-state index in [-0.39, 0.29) is 56.3 Å². The molecule has 1 aromatic rings. The average molecular weight is 381 g/mol. The first-order valence-corrected chi connectivity index (χ1v) is 10.5. The van der Waals surface area contributed by atoms with Crippen molar-refractivity contribution in [3.8, 4) is 0 Å². The Balaban J connectivity index is 0.00000529. The molecule has 0 bridgehead atoms. The number of rotatable bonds is 13. The Hall–Kier alpha value is 0.766. The van der Waals surface area contributed by atoms with E-state index in [4.69, 9.17) is 4.55 Å². The van der Waals surface area contributed by atoms with Crippen molar-refractivity contribution in [1.29, 1.82) is 0 Å². The van der Waals surface area contributed by atoms with Gasteiger partial charge in [-0.25, -0.2) is 0 Å². The molecule has 24 heavy (non-hydrogen) atoms. The van der Waals surface area contributed by atoms with E-state index in [1.807, 2.05) is 0 Å². The first-order valence-electron chi connectivity index (χ1n) is 9.10. The molecule has 0 aliphatic carbocycles. The molecule has 5 heteroatoms. The van der Waals surface area contributed by atoms with E-state index in [1.54, 1.807) is 12.1 Å². The van der Waals surface area contributed by atoms with Crippen molar-refractivity contribution in [2.45, 2.75) is 88.9 Å². The van der Waals surface area contributed by atoms with Crippen molar-refractivity contribution in [2.24, 2.45) is 0 Å². The van der Waals surface area contributed by atoms with E-state index in [1.165, 1.54) is 76.3 Å². The van der Waals surface area contributed by atoms with E-state index in [0.29, 0.717) is 0 Å². The van der Waals surface area contributed by atoms with Gasteiger partial charge in [0.2, 0.25) is 0 Å². The van der Waals surface area contributed by atoms with Gasteiger partial charge in [0.1, 0.15) is 0 Å². The molecule has 0 amide bonds. The molecule has 0 unspecified atom stereocenters. The van der Waals surface area contributed by atoms with Crippen molar-refractivity contribution < 1.29 is 13.0 Å². The van der Waals surface area contributed by atoms with Gasteiger partial charge in [-0.2, -0.15) is 8.42 Å². The normalized spacial score (nSPS) is 11.2. The quantitative estimate of drug-likeness (QED) is 0.293. The first-order chi connectivity index (χ1) is 11.0. The van der Waals surface area contributed by atoms with Crippen molar-refractivity contribution >= 4 is 61.5 Å². The summed E-state index contributed by atoms with van der Waals surface area (Å²) in [5, 5.41) is 0. The number of benzene rings is 1. The van der Waals surface area contributed by atoms with Gasteiger partial charge in [-0.05, 0) is 30.5 Å². The van der Waals surface area contributed by atoms with E-state index in [2.05, 4.69) is 6.92 Å². The topological polar surface area (TPSA) is 54.4 Å². The second-order valence-electron chi connectivity index (χ2n) is 6.40. The Morgan fingerprint density at radius 2 is 1.17 bits per heavy atom. The molecular formula is C19H33KO3S. The van der Waals surface area contributed by atoms with Crippen molar-refractivity contribution in [2.75, 3.05) is 0 Å². The van der Waals surface area contributed by atoms with E-state index >= 15 is 0 Å². The maximum atomic E-state index is 11.0. The summed E-state index contributed by atoms with van der Waals surface area (Å²) in [5.41, 5.74) is 1.13. The predicted octanol–water partition coefficient (Wildman–Crippen LogP) is 5.14. The van der Waals surface area contributed by atoms with Crippen LogP contribution in [-0.2, 0) is 16.5 Å². The molecule has 1 aromatic carbocycles. The summed E-state index contributed by atoms with van der Waals surface area (Å²) in [5.74, 6) is 0. The van der Waals surface area contributed by atoms with Crippen LogP contribution in [0.1, 0.15) is 83.1 Å². The summed E-state index contributed by atoms with van der Waals surface area (Å²) in [7, 11) is -4.07. The number of unbranched alkanes of at least 4 members (excludes halogenated alkanes) is 10. The van der Waals surface area contributed by atoms with Gasteiger partial charge in [0, 0.05) is 0 Å². The third-order valence-electron chi connectivity index (χ3n) is 4.29. The fourth-order valence-corrected chi connectivity index (χ4v) is 3.30. The van der Waals surface area contributed by atoms with E-state index in [9.17, 15) is 8.42 Å². The molecule has 0 heterocycles. The second-order valence-corrected chi connectivity index (χ2v) is 7.83. The zero-order valence-electron chi connectivity index (χ0n) is 14.5. The van der Waals surface area contributed by atoms with Crippen LogP contribution >= 0.6 is 0 Å². The first kappa shape index (κ1) is 24.8. The SMILES string of the molecule is CCCCCCCCCCCCCc1ccc(S(=O)(=O)O)cc1.[KH]. The fourth-order valence-electron chi connectivity index (χ4n) is 2.82. The van der Waals surface area contributed by atoms with Crippen molar-refractivity contribution in [3.63, 3.8) is 0 Å². The Morgan fingerprint density at radius 1 is 0.750 bits per heavy atom. The summed E-state index contributed by atoms with van der Waals surface area (Å²) in [6.07, 6.45) is 15.6. The molecule has 0 fully saturated rings. The zero-order valence-corrected chi connectivity index (χ0v) is 15.3. The third-order valence-corrected chi connectivity index (χ3v) is 5.16. The molecular weight excluding hydrogens is 347 g/mol. The Kier molecular flexibility index (Phi) is 15.4. The summed E-state index contributed by atoms with van der Waals surface area (Å²) in [4.78, 5) is -0.0276. The van der Waals surface area contributed by atoms with Gasteiger partial charge in [0.05, 0.1) is 4.90 Å². The van der Waals surface area contributed by atoms with Gasteiger partial charge in [0.15, 0.2) is 0 Å². The molecule has 0 saturated heterocycles. The fraction of sp³-hybridized carbons (Fsp3) is 0.684. The van der Waals surface area contributed by atoms with Gasteiger partial charge < -0.3 is 0 Å². The van der Waals surface area contributed by atoms with Crippen LogP contribution in [0.2, 0.25) is 0 Å². The molecule has 3 nitrogen and oxygen atoms in total. The van der Waals surface area contributed by atoms with Crippen LogP contribution in [0.3, 0.4) is 0 Å². The van der Waals surface area contributed by atoms with Crippen LogP contribution < -0.4 is 0 Å². The molecule has 1 N–H and O–H groups in total. The van der Waals surface area contributed by atoms with Gasteiger partial charge in [-0.15, -0.1) is 0 Å². The minimum atomic E-state index is -4.07. The van der Waals surface area contributed by atoms with Crippen LogP contribution in [0.5, 0.6) is 0 Å². The standard InChI is InChI=1S/C19H32O3S.K.H/c1-2-3-4-5-6-7-8-9-10-11-12-13-18-14-16-19(17-15-18)23(20,21)22;;/h14-17H,2-13H2,1H3,(H,20,21,22);;. The van der Waals surface area contributed by atoms with Crippen LogP contribution in [-0.4, -0.2) is 64.4 Å². The number of aryl methyl sites for hydroxylation is 1. The molecule has 0 spiro atoms.